The highest BCUT2D eigenvalue weighted by Crippen LogP contribution is 2.39. The van der Waals surface area contributed by atoms with Gasteiger partial charge in [-0.15, -0.1) is 0 Å². The average molecular weight is 760 g/mol. The van der Waals surface area contributed by atoms with Gasteiger partial charge < -0.3 is 10.4 Å². The highest BCUT2D eigenvalue weighted by atomic mass is 35.5. The number of nitrogens with zero attached hydrogens (tertiary/aromatic N) is 2. The summed E-state index contributed by atoms with van der Waals surface area (Å²) in [7, 11) is 0. The van der Waals surface area contributed by atoms with Crippen molar-refractivity contribution in [3.63, 3.8) is 0 Å². The summed E-state index contributed by atoms with van der Waals surface area (Å²) in [6.45, 7) is 6.94. The smallest absolute Gasteiger partial charge is 0.126 e. The van der Waals surface area contributed by atoms with Crippen LogP contribution in [0.25, 0.3) is 21.5 Å². The molecule has 0 radical (unpaired) electrons. The molecule has 0 aliphatic carbocycles. The van der Waals surface area contributed by atoms with Gasteiger partial charge in [0.1, 0.15) is 5.82 Å². The zero-order chi connectivity index (χ0) is 37.3. The Morgan fingerprint density at radius 3 is 2.15 bits per heavy atom. The molecule has 2 aliphatic rings. The topological polar surface area (TPSA) is 38.7 Å². The Balaban J connectivity index is 0.000000167. The second-order valence-electron chi connectivity index (χ2n) is 14.6. The average Bonchev–Trinajstić information content (AvgIpc) is 3.21. The maximum Gasteiger partial charge on any atom is 0.126 e. The van der Waals surface area contributed by atoms with Gasteiger partial charge in [-0.2, -0.15) is 12.6 Å². The van der Waals surface area contributed by atoms with E-state index >= 15 is 0 Å². The van der Waals surface area contributed by atoms with Crippen LogP contribution in [0.4, 0.5) is 4.39 Å². The van der Waals surface area contributed by atoms with Crippen molar-refractivity contribution >= 4 is 45.8 Å². The van der Waals surface area contributed by atoms with Crippen molar-refractivity contribution in [1.29, 1.82) is 0 Å². The standard InChI is InChI=1S/C24H26ClNOS.C23H25FN2/c25-22-13-6-9-18(15-26-14-4-3-10-19(26)16-27)23(22)24(28)21-12-5-8-17-7-1-2-11-20(17)21;24-23-10-4-8-20(17-26-15-13-25-14-16-26)22(23)12-11-19-7-3-6-18-5-1-2-9-21(18)19/h1-2,5-9,11-13,19,24,27-28H,3-4,10,14-16H2;1-10,25H,11-17H2. The summed E-state index contributed by atoms with van der Waals surface area (Å²) in [4.78, 5) is 4.80. The highest BCUT2D eigenvalue weighted by Gasteiger charge is 2.25. The van der Waals surface area contributed by atoms with Crippen LogP contribution in [0.3, 0.4) is 0 Å². The van der Waals surface area contributed by atoms with E-state index in [0.717, 1.165) is 86.8 Å². The lowest BCUT2D eigenvalue weighted by molar-refractivity contribution is 0.0839. The number of benzene rings is 6. The number of nitrogens with one attached hydrogen (secondary N) is 1. The number of thiol groups is 1. The van der Waals surface area contributed by atoms with Crippen molar-refractivity contribution in [3.8, 4) is 0 Å². The van der Waals surface area contributed by atoms with Crippen molar-refractivity contribution in [2.45, 2.75) is 56.5 Å². The number of piperidine rings is 1. The molecule has 0 aromatic heterocycles. The molecular weight excluding hydrogens is 709 g/mol. The fourth-order valence-corrected chi connectivity index (χ4v) is 9.19. The third-order valence-corrected chi connectivity index (χ3v) is 12.1. The van der Waals surface area contributed by atoms with Gasteiger partial charge in [-0.3, -0.25) is 9.80 Å². The van der Waals surface area contributed by atoms with Crippen LogP contribution in [0.2, 0.25) is 5.02 Å². The van der Waals surface area contributed by atoms with E-state index in [-0.39, 0.29) is 23.7 Å². The van der Waals surface area contributed by atoms with Crippen molar-refractivity contribution < 1.29 is 9.50 Å². The largest absolute Gasteiger partial charge is 0.395 e. The van der Waals surface area contributed by atoms with Crippen molar-refractivity contribution in [2.24, 2.45) is 0 Å². The molecule has 2 aliphatic heterocycles. The minimum absolute atomic E-state index is 0.0714. The predicted octanol–water partition coefficient (Wildman–Crippen LogP) is 10.0. The van der Waals surface area contributed by atoms with Gasteiger partial charge in [0.15, 0.2) is 0 Å². The van der Waals surface area contributed by atoms with E-state index in [4.69, 9.17) is 24.2 Å². The zero-order valence-electron chi connectivity index (χ0n) is 30.9. The summed E-state index contributed by atoms with van der Waals surface area (Å²) in [5, 5.41) is 18.8. The maximum atomic E-state index is 14.6. The molecule has 8 rings (SSSR count). The summed E-state index contributed by atoms with van der Waals surface area (Å²) < 4.78 is 14.6. The molecule has 6 aromatic rings. The summed E-state index contributed by atoms with van der Waals surface area (Å²) >= 11 is 11.7. The first-order valence-corrected chi connectivity index (χ1v) is 20.3. The third-order valence-electron chi connectivity index (χ3n) is 11.2. The van der Waals surface area contributed by atoms with E-state index in [1.165, 1.54) is 51.1 Å². The lowest BCUT2D eigenvalue weighted by atomic mass is 9.94. The first kappa shape index (κ1) is 38.5. The number of fused-ring (bicyclic) bond motifs is 2. The van der Waals surface area contributed by atoms with E-state index in [2.05, 4.69) is 112 Å². The SMILES string of the molecule is Fc1cccc(CN2CCNCC2)c1CCc1cccc2ccccc12.OCC1CCCCN1Cc1cccc(Cl)c1C(S)c1cccc2ccccc12. The van der Waals surface area contributed by atoms with Gasteiger partial charge in [-0.1, -0.05) is 127 Å². The zero-order valence-corrected chi connectivity index (χ0v) is 32.6. The van der Waals surface area contributed by atoms with Crippen LogP contribution in [-0.2, 0) is 25.9 Å². The highest BCUT2D eigenvalue weighted by molar-refractivity contribution is 7.80. The molecule has 2 fully saturated rings. The van der Waals surface area contributed by atoms with Crippen LogP contribution in [0.15, 0.2) is 121 Å². The lowest BCUT2D eigenvalue weighted by Crippen LogP contribution is -2.43. The minimum Gasteiger partial charge on any atom is -0.395 e. The first-order chi connectivity index (χ1) is 26.5. The van der Waals surface area contributed by atoms with Gasteiger partial charge in [0.05, 0.1) is 11.9 Å². The monoisotopic (exact) mass is 759 g/mol. The molecule has 7 heteroatoms. The lowest BCUT2D eigenvalue weighted by Gasteiger charge is -2.35. The number of likely N-dealkylation sites (tertiary alicyclic amines) is 1. The summed E-state index contributed by atoms with van der Waals surface area (Å²) in [5.41, 5.74) is 6.74. The second-order valence-corrected chi connectivity index (χ2v) is 15.6. The number of rotatable bonds is 10. The van der Waals surface area contributed by atoms with Gasteiger partial charge in [-0.05, 0) is 99.3 Å². The second kappa shape index (κ2) is 18.7. The predicted molar refractivity (Wildman–Crippen MR) is 227 cm³/mol. The molecule has 0 spiro atoms. The van der Waals surface area contributed by atoms with Gasteiger partial charge in [0.2, 0.25) is 0 Å². The van der Waals surface area contributed by atoms with E-state index < -0.39 is 0 Å². The van der Waals surface area contributed by atoms with Crippen LogP contribution in [0.1, 0.15) is 57.9 Å². The number of aryl methyl sites for hydroxylation is 1. The van der Waals surface area contributed by atoms with Gasteiger partial charge in [0, 0.05) is 50.3 Å². The Kier molecular flexibility index (Phi) is 13.4. The molecule has 4 nitrogen and oxygen atoms in total. The van der Waals surface area contributed by atoms with Crippen molar-refractivity contribution in [3.05, 3.63) is 166 Å². The normalized spacial score (nSPS) is 17.3. The van der Waals surface area contributed by atoms with Gasteiger partial charge in [0.25, 0.3) is 0 Å². The van der Waals surface area contributed by atoms with Crippen LogP contribution >= 0.6 is 24.2 Å². The van der Waals surface area contributed by atoms with E-state index in [9.17, 15) is 9.50 Å². The fraction of sp³-hybridized carbons (Fsp3) is 0.319. The van der Waals surface area contributed by atoms with Crippen LogP contribution < -0.4 is 5.32 Å². The van der Waals surface area contributed by atoms with Crippen molar-refractivity contribution in [1.82, 2.24) is 15.1 Å². The molecule has 54 heavy (non-hydrogen) atoms. The Labute approximate surface area is 330 Å². The molecule has 2 atom stereocenters. The molecule has 0 bridgehead atoms. The van der Waals surface area contributed by atoms with Crippen LogP contribution in [0.5, 0.6) is 0 Å². The molecule has 2 saturated heterocycles. The van der Waals surface area contributed by atoms with Crippen molar-refractivity contribution in [2.75, 3.05) is 39.3 Å². The molecule has 2 unspecified atom stereocenters. The number of aliphatic hydroxyl groups is 1. The number of hydrogen-bond donors (Lipinski definition) is 3. The molecular formula is C47H51ClFN3OS. The Hall–Kier alpha value is -3.75. The molecule has 2 N–H and O–H groups in total. The van der Waals surface area contributed by atoms with Gasteiger partial charge >= 0.3 is 0 Å². The third kappa shape index (κ3) is 9.19. The maximum absolute atomic E-state index is 14.6. The van der Waals surface area contributed by atoms with Crippen LogP contribution in [0, 0.1) is 5.82 Å². The summed E-state index contributed by atoms with van der Waals surface area (Å²) in [6.07, 6.45) is 5.02. The summed E-state index contributed by atoms with van der Waals surface area (Å²) in [5.74, 6) is -0.0714. The summed E-state index contributed by atoms with van der Waals surface area (Å²) in [6, 6.07) is 41.5. The quantitative estimate of drug-likeness (QED) is 0.122. The molecule has 6 aromatic carbocycles. The first-order valence-electron chi connectivity index (χ1n) is 19.4. The Morgan fingerprint density at radius 1 is 0.704 bits per heavy atom. The molecule has 0 amide bonds. The van der Waals surface area contributed by atoms with E-state index in [1.54, 1.807) is 6.07 Å². The number of aliphatic hydroxyl groups excluding tert-OH is 1. The van der Waals surface area contributed by atoms with E-state index in [1.807, 2.05) is 18.2 Å². The Morgan fingerprint density at radius 2 is 1.35 bits per heavy atom. The minimum atomic E-state index is -0.104. The fourth-order valence-electron chi connectivity index (χ4n) is 8.28. The Bertz CT molecular complexity index is 2140. The number of hydrogen-bond acceptors (Lipinski definition) is 5. The van der Waals surface area contributed by atoms with Gasteiger partial charge in [-0.25, -0.2) is 4.39 Å². The molecule has 280 valence electrons. The van der Waals surface area contributed by atoms with E-state index in [0.29, 0.717) is 0 Å². The van der Waals surface area contributed by atoms with Crippen LogP contribution in [-0.4, -0.2) is 60.3 Å². The number of piperazine rings is 1. The molecule has 2 heterocycles. The number of halogens is 2. The molecule has 0 saturated carbocycles.